The minimum Gasteiger partial charge on any atom is -0.496 e. The van der Waals surface area contributed by atoms with Crippen LogP contribution in [0.15, 0.2) is 66.7 Å². The molecule has 0 radical (unpaired) electrons. The smallest absolute Gasteiger partial charge is 0.253 e. The number of Topliss-reactive ketones (excluding diaryl/α,β-unsaturated/α-hetero) is 2. The van der Waals surface area contributed by atoms with Gasteiger partial charge in [-0.15, -0.1) is 0 Å². The maximum Gasteiger partial charge on any atom is 0.253 e. The Kier molecular flexibility index (Phi) is 5.75. The van der Waals surface area contributed by atoms with Crippen LogP contribution in [0.1, 0.15) is 40.2 Å². The number of methoxy groups -OCH3 is 1. The Morgan fingerprint density at radius 3 is 2.17 bits per heavy atom. The quantitative estimate of drug-likeness (QED) is 0.504. The van der Waals surface area contributed by atoms with E-state index < -0.39 is 11.3 Å². The predicted molar refractivity (Wildman–Crippen MR) is 130 cm³/mol. The number of amides is 1. The first-order valence-corrected chi connectivity index (χ1v) is 11.6. The summed E-state index contributed by atoms with van der Waals surface area (Å²) in [5, 5.41) is 0. The maximum atomic E-state index is 13.4. The molecule has 1 aliphatic heterocycles. The van der Waals surface area contributed by atoms with Crippen molar-refractivity contribution in [2.75, 3.05) is 20.2 Å². The molecule has 5 nitrogen and oxygen atoms in total. The van der Waals surface area contributed by atoms with Crippen LogP contribution in [0.3, 0.4) is 0 Å². The number of ketones is 2. The minimum absolute atomic E-state index is 0.0767. The highest BCUT2D eigenvalue weighted by Crippen LogP contribution is 2.47. The van der Waals surface area contributed by atoms with Crippen molar-refractivity contribution in [3.05, 3.63) is 89.2 Å². The second kappa shape index (κ2) is 8.77. The first-order chi connectivity index (χ1) is 16.8. The molecule has 1 aliphatic carbocycles. The van der Waals surface area contributed by atoms with Gasteiger partial charge in [0.15, 0.2) is 0 Å². The summed E-state index contributed by atoms with van der Waals surface area (Å²) in [6.45, 7) is 2.68. The molecule has 35 heavy (non-hydrogen) atoms. The Bertz CT molecular complexity index is 1290. The first-order valence-electron chi connectivity index (χ1n) is 11.6. The fraction of sp³-hybridized carbons (Fsp3) is 0.276. The van der Waals surface area contributed by atoms with Crippen LogP contribution in [-0.4, -0.2) is 42.6 Å². The third kappa shape index (κ3) is 4.14. The summed E-state index contributed by atoms with van der Waals surface area (Å²) in [5.74, 6) is -1.07. The summed E-state index contributed by atoms with van der Waals surface area (Å²) in [6, 6.07) is 18.9. The van der Waals surface area contributed by atoms with E-state index in [2.05, 4.69) is 0 Å². The highest BCUT2D eigenvalue weighted by molar-refractivity contribution is 6.11. The van der Waals surface area contributed by atoms with Crippen LogP contribution in [-0.2, 0) is 9.59 Å². The second-order valence-corrected chi connectivity index (χ2v) is 9.66. The van der Waals surface area contributed by atoms with E-state index in [9.17, 15) is 18.8 Å². The fourth-order valence-electron chi connectivity index (χ4n) is 5.52. The van der Waals surface area contributed by atoms with Gasteiger partial charge in [-0.05, 0) is 53.9 Å². The number of hydrogen-bond acceptors (Lipinski definition) is 4. The number of hydrogen-bond donors (Lipinski definition) is 0. The fourth-order valence-corrected chi connectivity index (χ4v) is 5.52. The minimum atomic E-state index is -0.878. The van der Waals surface area contributed by atoms with Crippen molar-refractivity contribution < 1.29 is 23.5 Å². The lowest BCUT2D eigenvalue weighted by atomic mass is 9.63. The molecule has 3 aromatic carbocycles. The van der Waals surface area contributed by atoms with E-state index in [4.69, 9.17) is 4.74 Å². The maximum absolute atomic E-state index is 13.4. The zero-order valence-electron chi connectivity index (χ0n) is 19.7. The molecule has 5 rings (SSSR count). The van der Waals surface area contributed by atoms with Crippen molar-refractivity contribution in [1.29, 1.82) is 0 Å². The molecule has 1 heterocycles. The summed E-state index contributed by atoms with van der Waals surface area (Å²) in [4.78, 5) is 41.1. The summed E-state index contributed by atoms with van der Waals surface area (Å²) >= 11 is 0. The average Bonchev–Trinajstić information content (AvgIpc) is 2.83. The molecule has 0 unspecified atom stereocenters. The molecule has 6 heteroatoms. The van der Waals surface area contributed by atoms with Crippen LogP contribution in [0.25, 0.3) is 11.1 Å². The first kappa shape index (κ1) is 23.0. The van der Waals surface area contributed by atoms with Crippen LogP contribution in [0.5, 0.6) is 5.75 Å². The van der Waals surface area contributed by atoms with Crippen LogP contribution in [0, 0.1) is 18.2 Å². The van der Waals surface area contributed by atoms with Crippen molar-refractivity contribution in [2.24, 2.45) is 5.41 Å². The van der Waals surface area contributed by atoms with E-state index in [-0.39, 0.29) is 36.1 Å². The molecule has 0 atom stereocenters. The number of ether oxygens (including phenoxy) is 1. The highest BCUT2D eigenvalue weighted by Gasteiger charge is 2.53. The number of rotatable bonds is 4. The monoisotopic (exact) mass is 471 g/mol. The normalized spacial score (nSPS) is 17.4. The molecule has 1 saturated carbocycles. The van der Waals surface area contributed by atoms with Crippen molar-refractivity contribution in [3.63, 3.8) is 0 Å². The topological polar surface area (TPSA) is 63.7 Å². The van der Waals surface area contributed by atoms with Gasteiger partial charge in [0.2, 0.25) is 0 Å². The largest absolute Gasteiger partial charge is 0.496 e. The van der Waals surface area contributed by atoms with E-state index in [1.807, 2.05) is 31.2 Å². The Morgan fingerprint density at radius 2 is 1.57 bits per heavy atom. The molecule has 0 bridgehead atoms. The Hall–Kier alpha value is -3.80. The van der Waals surface area contributed by atoms with Gasteiger partial charge in [0.05, 0.1) is 7.11 Å². The molecule has 0 N–H and O–H groups in total. The van der Waals surface area contributed by atoms with Gasteiger partial charge in [-0.1, -0.05) is 36.4 Å². The molecule has 2 aliphatic rings. The molecule has 1 spiro atoms. The summed E-state index contributed by atoms with van der Waals surface area (Å²) in [6.07, 6.45) is 0.509. The molecule has 1 saturated heterocycles. The lowest BCUT2D eigenvalue weighted by molar-refractivity contribution is -0.141. The van der Waals surface area contributed by atoms with Gasteiger partial charge in [0, 0.05) is 42.5 Å². The van der Waals surface area contributed by atoms with Gasteiger partial charge in [-0.3, -0.25) is 14.4 Å². The number of aryl methyl sites for hydroxylation is 1. The van der Waals surface area contributed by atoms with Crippen LogP contribution < -0.4 is 4.74 Å². The highest BCUT2D eigenvalue weighted by atomic mass is 19.1. The lowest BCUT2D eigenvalue weighted by Crippen LogP contribution is -2.62. The van der Waals surface area contributed by atoms with E-state index in [0.717, 1.165) is 16.7 Å². The predicted octanol–water partition coefficient (Wildman–Crippen LogP) is 4.97. The van der Waals surface area contributed by atoms with Crippen molar-refractivity contribution in [2.45, 2.75) is 25.7 Å². The zero-order valence-corrected chi connectivity index (χ0v) is 19.7. The van der Waals surface area contributed by atoms with E-state index in [0.29, 0.717) is 30.0 Å². The van der Waals surface area contributed by atoms with Crippen molar-refractivity contribution >= 4 is 17.5 Å². The summed E-state index contributed by atoms with van der Waals surface area (Å²) < 4.78 is 19.0. The molecule has 178 valence electrons. The molecule has 3 aromatic rings. The molecular formula is C29H26FNO4. The lowest BCUT2D eigenvalue weighted by Gasteiger charge is -2.52. The number of nitrogens with zero attached hydrogens (tertiary/aromatic N) is 1. The van der Waals surface area contributed by atoms with Crippen LogP contribution in [0.4, 0.5) is 4.39 Å². The molecule has 2 fully saturated rings. The van der Waals surface area contributed by atoms with E-state index >= 15 is 0 Å². The van der Waals surface area contributed by atoms with Crippen molar-refractivity contribution in [3.8, 4) is 16.9 Å². The molecular weight excluding hydrogens is 445 g/mol. The Balaban J connectivity index is 1.37. The average molecular weight is 472 g/mol. The standard InChI is InChI=1S/C29H26FNO4/c1-18-12-21(19-8-10-22(30)11-9-19)13-25(35-2)26(18)27-23(32)14-29(15-24(27)33)16-31(17-29)28(34)20-6-4-3-5-7-20/h3-13,27H,14-17H2,1-2H3. The Labute approximate surface area is 203 Å². The SMILES string of the molecule is COc1cc(-c2ccc(F)cc2)cc(C)c1C1C(=O)CC2(CC1=O)CN(C(=O)c1ccccc1)C2. The third-order valence-electron chi connectivity index (χ3n) is 7.14. The third-order valence-corrected chi connectivity index (χ3v) is 7.14. The van der Waals surface area contributed by atoms with Gasteiger partial charge in [-0.25, -0.2) is 4.39 Å². The van der Waals surface area contributed by atoms with Gasteiger partial charge in [0.1, 0.15) is 29.1 Å². The number of carbonyl (C=O) groups excluding carboxylic acids is 3. The molecule has 1 amide bonds. The van der Waals surface area contributed by atoms with Gasteiger partial charge in [0.25, 0.3) is 5.91 Å². The number of benzene rings is 3. The molecule has 0 aromatic heterocycles. The van der Waals surface area contributed by atoms with Crippen LogP contribution >= 0.6 is 0 Å². The van der Waals surface area contributed by atoms with Crippen molar-refractivity contribution in [1.82, 2.24) is 4.90 Å². The van der Waals surface area contributed by atoms with Gasteiger partial charge < -0.3 is 9.64 Å². The Morgan fingerprint density at radius 1 is 0.943 bits per heavy atom. The van der Waals surface area contributed by atoms with E-state index in [1.165, 1.54) is 19.2 Å². The summed E-state index contributed by atoms with van der Waals surface area (Å²) in [7, 11) is 1.52. The zero-order chi connectivity index (χ0) is 24.7. The number of carbonyl (C=O) groups is 3. The summed E-state index contributed by atoms with van der Waals surface area (Å²) in [5.41, 5.74) is 3.14. The van der Waals surface area contributed by atoms with Gasteiger partial charge in [-0.2, -0.15) is 0 Å². The van der Waals surface area contributed by atoms with Gasteiger partial charge >= 0.3 is 0 Å². The van der Waals surface area contributed by atoms with Crippen LogP contribution in [0.2, 0.25) is 0 Å². The number of likely N-dealkylation sites (tertiary alicyclic amines) is 1. The second-order valence-electron chi connectivity index (χ2n) is 9.66. The number of halogens is 1. The van der Waals surface area contributed by atoms with E-state index in [1.54, 1.807) is 35.2 Å².